The number of nitrogens with one attached hydrogen (secondary N) is 1. The fraction of sp³-hybridized carbons (Fsp3) is 0.125. The maximum atomic E-state index is 12.6. The summed E-state index contributed by atoms with van der Waals surface area (Å²) in [5.74, 6) is 0.433. The van der Waals surface area contributed by atoms with E-state index in [1.54, 1.807) is 30.5 Å². The Bertz CT molecular complexity index is 1330. The van der Waals surface area contributed by atoms with Crippen LogP contribution in [-0.2, 0) is 6.54 Å². The van der Waals surface area contributed by atoms with Gasteiger partial charge >= 0.3 is 0 Å². The van der Waals surface area contributed by atoms with Crippen molar-refractivity contribution in [1.29, 1.82) is 0 Å². The average molecular weight is 530 g/mol. The van der Waals surface area contributed by atoms with Crippen LogP contribution in [0.2, 0.25) is 10.0 Å². The number of hydrogen-bond donors (Lipinski definition) is 1. The van der Waals surface area contributed by atoms with Crippen molar-refractivity contribution in [1.82, 2.24) is 15.0 Å². The first kappa shape index (κ1) is 22.5. The number of nitrogens with zero attached hydrogens (tertiary/aromatic N) is 3. The second-order valence-corrected chi connectivity index (χ2v) is 8.93. The number of rotatable bonds is 6. The minimum Gasteiger partial charge on any atom is -0.324 e. The largest absolute Gasteiger partial charge is 0.324 e. The SMILES string of the molecule is CCCn1c(-c2ccc(Cl)cc2Cl)nc2cc(C(=O)N/N=C/c3cccc(Br)c3)ccc21. The van der Waals surface area contributed by atoms with Crippen LogP contribution in [0.3, 0.4) is 0 Å². The van der Waals surface area contributed by atoms with Crippen molar-refractivity contribution in [2.24, 2.45) is 5.10 Å². The summed E-state index contributed by atoms with van der Waals surface area (Å²) in [6.07, 6.45) is 2.52. The van der Waals surface area contributed by atoms with E-state index in [2.05, 4.69) is 37.9 Å². The van der Waals surface area contributed by atoms with Gasteiger partial charge in [-0.1, -0.05) is 58.2 Å². The van der Waals surface area contributed by atoms with Crippen molar-refractivity contribution >= 4 is 62.3 Å². The van der Waals surface area contributed by atoms with Gasteiger partial charge < -0.3 is 4.57 Å². The summed E-state index contributed by atoms with van der Waals surface area (Å²) in [7, 11) is 0. The van der Waals surface area contributed by atoms with E-state index in [-0.39, 0.29) is 5.91 Å². The Kier molecular flexibility index (Phi) is 6.94. The van der Waals surface area contributed by atoms with E-state index in [0.29, 0.717) is 21.1 Å². The molecule has 0 saturated heterocycles. The van der Waals surface area contributed by atoms with Crippen molar-refractivity contribution in [3.05, 3.63) is 86.3 Å². The molecule has 3 aromatic carbocycles. The molecule has 1 N–H and O–H groups in total. The van der Waals surface area contributed by atoms with Crippen LogP contribution >= 0.6 is 39.1 Å². The Balaban J connectivity index is 1.64. The van der Waals surface area contributed by atoms with Gasteiger partial charge in [0, 0.05) is 27.2 Å². The summed E-state index contributed by atoms with van der Waals surface area (Å²) in [5, 5.41) is 5.16. The Labute approximate surface area is 204 Å². The first-order valence-corrected chi connectivity index (χ1v) is 11.6. The lowest BCUT2D eigenvalue weighted by Gasteiger charge is -2.09. The average Bonchev–Trinajstić information content (AvgIpc) is 3.11. The fourth-order valence-electron chi connectivity index (χ4n) is 3.41. The topological polar surface area (TPSA) is 59.3 Å². The smallest absolute Gasteiger partial charge is 0.271 e. The van der Waals surface area contributed by atoms with Crippen molar-refractivity contribution in [3.8, 4) is 11.4 Å². The molecule has 1 amide bonds. The molecule has 5 nitrogen and oxygen atoms in total. The Hall–Kier alpha value is -2.67. The lowest BCUT2D eigenvalue weighted by molar-refractivity contribution is 0.0955. The number of carbonyl (C=O) groups excluding carboxylic acids is 1. The van der Waals surface area contributed by atoms with Crippen LogP contribution in [0.1, 0.15) is 29.3 Å². The van der Waals surface area contributed by atoms with Gasteiger partial charge in [0.25, 0.3) is 5.91 Å². The van der Waals surface area contributed by atoms with Gasteiger partial charge in [-0.25, -0.2) is 10.4 Å². The second kappa shape index (κ2) is 9.86. The van der Waals surface area contributed by atoms with Gasteiger partial charge in [-0.3, -0.25) is 4.79 Å². The standard InChI is InChI=1S/C24H19BrCl2N4O/c1-2-10-31-22-9-6-16(24(32)30-28-14-15-4-3-5-17(25)11-15)12-21(22)29-23(31)19-8-7-18(26)13-20(19)27/h3-9,11-14H,2,10H2,1H3,(H,30,32)/b28-14+. The number of halogens is 3. The fourth-order valence-corrected chi connectivity index (χ4v) is 4.32. The molecule has 0 aliphatic rings. The number of imidazole rings is 1. The van der Waals surface area contributed by atoms with E-state index in [1.165, 1.54) is 0 Å². The van der Waals surface area contributed by atoms with Gasteiger partial charge in [0.05, 0.1) is 22.3 Å². The molecule has 162 valence electrons. The van der Waals surface area contributed by atoms with Gasteiger partial charge in [0.15, 0.2) is 0 Å². The number of hydrogen-bond acceptors (Lipinski definition) is 3. The van der Waals surface area contributed by atoms with Gasteiger partial charge in [0.1, 0.15) is 5.82 Å². The number of hydrazone groups is 1. The van der Waals surface area contributed by atoms with Crippen molar-refractivity contribution < 1.29 is 4.79 Å². The summed E-state index contributed by atoms with van der Waals surface area (Å²) in [6.45, 7) is 2.87. The summed E-state index contributed by atoms with van der Waals surface area (Å²) in [5.41, 5.74) is 6.35. The number of aryl methyl sites for hydroxylation is 1. The molecular formula is C24H19BrCl2N4O. The van der Waals surface area contributed by atoms with Crippen LogP contribution in [0, 0.1) is 0 Å². The molecule has 4 aromatic rings. The van der Waals surface area contributed by atoms with E-state index < -0.39 is 0 Å². The molecule has 0 atom stereocenters. The number of fused-ring (bicyclic) bond motifs is 1. The molecule has 32 heavy (non-hydrogen) atoms. The molecule has 0 fully saturated rings. The van der Waals surface area contributed by atoms with Gasteiger partial charge in [-0.05, 0) is 60.5 Å². The zero-order valence-corrected chi connectivity index (χ0v) is 20.2. The molecule has 0 spiro atoms. The highest BCUT2D eigenvalue weighted by molar-refractivity contribution is 9.10. The number of benzene rings is 3. The van der Waals surface area contributed by atoms with Crippen molar-refractivity contribution in [2.75, 3.05) is 0 Å². The van der Waals surface area contributed by atoms with E-state index in [0.717, 1.165) is 39.9 Å². The van der Waals surface area contributed by atoms with Crippen LogP contribution in [0.25, 0.3) is 22.4 Å². The molecule has 1 heterocycles. The summed E-state index contributed by atoms with van der Waals surface area (Å²) < 4.78 is 3.05. The van der Waals surface area contributed by atoms with Gasteiger partial charge in [-0.15, -0.1) is 0 Å². The third-order valence-electron chi connectivity index (χ3n) is 4.86. The first-order chi connectivity index (χ1) is 15.5. The zero-order chi connectivity index (χ0) is 22.7. The second-order valence-electron chi connectivity index (χ2n) is 7.17. The summed E-state index contributed by atoms with van der Waals surface area (Å²) >= 11 is 15.9. The minimum absolute atomic E-state index is 0.311. The maximum absolute atomic E-state index is 12.6. The summed E-state index contributed by atoms with van der Waals surface area (Å²) in [4.78, 5) is 17.4. The van der Waals surface area contributed by atoms with Crippen LogP contribution in [0.4, 0.5) is 0 Å². The Morgan fingerprint density at radius 2 is 2.00 bits per heavy atom. The van der Waals surface area contributed by atoms with Gasteiger partial charge in [-0.2, -0.15) is 5.10 Å². The third-order valence-corrected chi connectivity index (χ3v) is 5.90. The van der Waals surface area contributed by atoms with E-state index >= 15 is 0 Å². The predicted molar refractivity (Wildman–Crippen MR) is 135 cm³/mol. The molecule has 0 aliphatic carbocycles. The Morgan fingerprint density at radius 3 is 2.75 bits per heavy atom. The normalized spacial score (nSPS) is 11.4. The monoisotopic (exact) mass is 528 g/mol. The molecule has 1 aromatic heterocycles. The van der Waals surface area contributed by atoms with E-state index in [9.17, 15) is 4.79 Å². The highest BCUT2D eigenvalue weighted by Gasteiger charge is 2.16. The van der Waals surface area contributed by atoms with E-state index in [4.69, 9.17) is 28.2 Å². The van der Waals surface area contributed by atoms with Gasteiger partial charge in [0.2, 0.25) is 0 Å². The van der Waals surface area contributed by atoms with Crippen LogP contribution in [0.5, 0.6) is 0 Å². The molecule has 4 rings (SSSR count). The highest BCUT2D eigenvalue weighted by Crippen LogP contribution is 2.32. The molecular weight excluding hydrogens is 511 g/mol. The molecule has 0 aliphatic heterocycles. The molecule has 0 bridgehead atoms. The lowest BCUT2D eigenvalue weighted by atomic mass is 10.2. The van der Waals surface area contributed by atoms with Crippen LogP contribution in [-0.4, -0.2) is 21.7 Å². The number of carbonyl (C=O) groups is 1. The molecule has 0 radical (unpaired) electrons. The molecule has 0 saturated carbocycles. The molecule has 8 heteroatoms. The van der Waals surface area contributed by atoms with E-state index in [1.807, 2.05) is 36.4 Å². The predicted octanol–water partition coefficient (Wildman–Crippen LogP) is 6.95. The minimum atomic E-state index is -0.311. The Morgan fingerprint density at radius 1 is 1.16 bits per heavy atom. The summed E-state index contributed by atoms with van der Waals surface area (Å²) in [6, 6.07) is 18.4. The van der Waals surface area contributed by atoms with Crippen LogP contribution in [0.15, 0.2) is 70.2 Å². The van der Waals surface area contributed by atoms with Crippen LogP contribution < -0.4 is 5.43 Å². The van der Waals surface area contributed by atoms with Crippen molar-refractivity contribution in [3.63, 3.8) is 0 Å². The highest BCUT2D eigenvalue weighted by atomic mass is 79.9. The third kappa shape index (κ3) is 4.88. The molecule has 0 unspecified atom stereocenters. The quantitative estimate of drug-likeness (QED) is 0.217. The number of amides is 1. The lowest BCUT2D eigenvalue weighted by Crippen LogP contribution is -2.17. The zero-order valence-electron chi connectivity index (χ0n) is 17.1. The first-order valence-electron chi connectivity index (χ1n) is 10.0. The maximum Gasteiger partial charge on any atom is 0.271 e. The number of aromatic nitrogens is 2. The van der Waals surface area contributed by atoms with Crippen molar-refractivity contribution in [2.45, 2.75) is 19.9 Å².